The first kappa shape index (κ1) is 21.1. The second-order valence-corrected chi connectivity index (χ2v) is 7.85. The summed E-state index contributed by atoms with van der Waals surface area (Å²) in [6.45, 7) is 0.0535. The highest BCUT2D eigenvalue weighted by molar-refractivity contribution is 6.35. The van der Waals surface area contributed by atoms with Gasteiger partial charge in [-0.25, -0.2) is 0 Å². The van der Waals surface area contributed by atoms with Gasteiger partial charge in [0.1, 0.15) is 36.3 Å². The summed E-state index contributed by atoms with van der Waals surface area (Å²) >= 11 is 6.49. The summed E-state index contributed by atoms with van der Waals surface area (Å²) in [5, 5.41) is 41.6. The number of aliphatic hydroxyl groups is 4. The lowest BCUT2D eigenvalue weighted by Gasteiger charge is -2.40. The van der Waals surface area contributed by atoms with Gasteiger partial charge in [0.2, 0.25) is 0 Å². The highest BCUT2D eigenvalue weighted by Crippen LogP contribution is 2.39. The van der Waals surface area contributed by atoms with E-state index in [1.807, 2.05) is 47.2 Å². The fourth-order valence-corrected chi connectivity index (χ4v) is 4.25. The van der Waals surface area contributed by atoms with Gasteiger partial charge in [0.15, 0.2) is 0 Å². The Morgan fingerprint density at radius 2 is 1.77 bits per heavy atom. The molecule has 0 spiro atoms. The first-order chi connectivity index (χ1) is 14.4. The van der Waals surface area contributed by atoms with E-state index in [1.54, 1.807) is 13.2 Å². The molecule has 0 unspecified atom stereocenters. The van der Waals surface area contributed by atoms with E-state index in [2.05, 4.69) is 0 Å². The number of benzene rings is 2. The van der Waals surface area contributed by atoms with E-state index in [-0.39, 0.29) is 0 Å². The quantitative estimate of drug-likeness (QED) is 0.489. The maximum absolute atomic E-state index is 10.6. The lowest BCUT2D eigenvalue weighted by atomic mass is 9.91. The maximum atomic E-state index is 10.6. The van der Waals surface area contributed by atoms with Crippen molar-refractivity contribution >= 4 is 22.5 Å². The number of ether oxygens (including phenoxy) is 2. The molecule has 0 amide bonds. The van der Waals surface area contributed by atoms with Crippen LogP contribution >= 0.6 is 11.6 Å². The van der Waals surface area contributed by atoms with Crippen molar-refractivity contribution in [3.8, 4) is 5.75 Å². The molecule has 2 aromatic carbocycles. The zero-order valence-corrected chi connectivity index (χ0v) is 17.1. The predicted molar refractivity (Wildman–Crippen MR) is 112 cm³/mol. The molecule has 0 saturated carbocycles. The molecule has 160 valence electrons. The third-order valence-corrected chi connectivity index (χ3v) is 5.91. The van der Waals surface area contributed by atoms with Gasteiger partial charge in [-0.1, -0.05) is 29.8 Å². The van der Waals surface area contributed by atoms with Crippen LogP contribution in [0.15, 0.2) is 48.7 Å². The number of aliphatic hydroxyl groups excluding tert-OH is 4. The molecular formula is C22H24ClNO6. The van der Waals surface area contributed by atoms with E-state index in [0.29, 0.717) is 22.5 Å². The summed E-state index contributed by atoms with van der Waals surface area (Å²) in [4.78, 5) is 0. The molecule has 0 aliphatic carbocycles. The molecule has 8 heteroatoms. The van der Waals surface area contributed by atoms with Crippen molar-refractivity contribution in [2.45, 2.75) is 37.1 Å². The Morgan fingerprint density at radius 3 is 2.43 bits per heavy atom. The Hall–Kier alpha value is -2.13. The van der Waals surface area contributed by atoms with Crippen LogP contribution in [0.25, 0.3) is 10.9 Å². The molecule has 1 aliphatic rings. The highest BCUT2D eigenvalue weighted by atomic mass is 35.5. The Balaban J connectivity index is 1.76. The van der Waals surface area contributed by atoms with Crippen LogP contribution < -0.4 is 4.74 Å². The summed E-state index contributed by atoms with van der Waals surface area (Å²) in [6.07, 6.45) is -4.36. The van der Waals surface area contributed by atoms with Gasteiger partial charge < -0.3 is 34.5 Å². The normalized spacial score (nSPS) is 26.8. The van der Waals surface area contributed by atoms with E-state index < -0.39 is 37.1 Å². The average molecular weight is 434 g/mol. The van der Waals surface area contributed by atoms with Crippen molar-refractivity contribution in [2.75, 3.05) is 13.7 Å². The van der Waals surface area contributed by atoms with E-state index in [0.717, 1.165) is 16.8 Å². The zero-order chi connectivity index (χ0) is 21.4. The molecule has 1 saturated heterocycles. The van der Waals surface area contributed by atoms with E-state index in [9.17, 15) is 20.4 Å². The molecule has 5 atom stereocenters. The molecular weight excluding hydrogens is 410 g/mol. The number of methoxy groups -OCH3 is 1. The SMILES string of the molecule is COc1ccc(Cn2cc([C@@H]3O[C@H](CO)[C@@H](O)[C@H](O)[C@H]3O)c3c(Cl)cccc32)cc1. The minimum absolute atomic E-state index is 0.480. The third-order valence-electron chi connectivity index (χ3n) is 5.60. The van der Waals surface area contributed by atoms with Crippen LogP contribution in [0.2, 0.25) is 5.02 Å². The van der Waals surface area contributed by atoms with Gasteiger partial charge in [-0.3, -0.25) is 0 Å². The number of nitrogens with zero attached hydrogens (tertiary/aromatic N) is 1. The molecule has 3 aromatic rings. The number of fused-ring (bicyclic) bond motifs is 1. The summed E-state index contributed by atoms with van der Waals surface area (Å²) in [5.41, 5.74) is 2.46. The third kappa shape index (κ3) is 3.69. The van der Waals surface area contributed by atoms with Crippen molar-refractivity contribution in [3.63, 3.8) is 0 Å². The second-order valence-electron chi connectivity index (χ2n) is 7.44. The van der Waals surface area contributed by atoms with E-state index >= 15 is 0 Å². The average Bonchev–Trinajstić information content (AvgIpc) is 3.12. The van der Waals surface area contributed by atoms with E-state index in [4.69, 9.17) is 21.1 Å². The summed E-state index contributed by atoms with van der Waals surface area (Å²) in [5.74, 6) is 0.765. The number of rotatable bonds is 5. The molecule has 0 radical (unpaired) electrons. The van der Waals surface area contributed by atoms with Crippen LogP contribution in [-0.2, 0) is 11.3 Å². The molecule has 1 aromatic heterocycles. The van der Waals surface area contributed by atoms with Crippen LogP contribution in [0, 0.1) is 0 Å². The van der Waals surface area contributed by atoms with Gasteiger partial charge in [-0.05, 0) is 29.8 Å². The van der Waals surface area contributed by atoms with Crippen molar-refractivity contribution < 1.29 is 29.9 Å². The van der Waals surface area contributed by atoms with Crippen LogP contribution in [0.4, 0.5) is 0 Å². The second kappa shape index (κ2) is 8.55. The van der Waals surface area contributed by atoms with Gasteiger partial charge in [-0.15, -0.1) is 0 Å². The minimum atomic E-state index is -1.46. The van der Waals surface area contributed by atoms with Crippen molar-refractivity contribution in [1.29, 1.82) is 0 Å². The molecule has 2 heterocycles. The number of aromatic nitrogens is 1. The van der Waals surface area contributed by atoms with Gasteiger partial charge in [-0.2, -0.15) is 0 Å². The lowest BCUT2D eigenvalue weighted by Crippen LogP contribution is -2.55. The number of hydrogen-bond acceptors (Lipinski definition) is 6. The predicted octanol–water partition coefficient (Wildman–Crippen LogP) is 1.87. The topological polar surface area (TPSA) is 104 Å². The smallest absolute Gasteiger partial charge is 0.118 e. The first-order valence-electron chi connectivity index (χ1n) is 9.65. The Labute approximate surface area is 178 Å². The maximum Gasteiger partial charge on any atom is 0.118 e. The largest absolute Gasteiger partial charge is 0.497 e. The molecule has 4 rings (SSSR count). The number of hydrogen-bond donors (Lipinski definition) is 4. The van der Waals surface area contributed by atoms with Crippen LogP contribution in [0.5, 0.6) is 5.75 Å². The molecule has 1 aliphatic heterocycles. The minimum Gasteiger partial charge on any atom is -0.497 e. The first-order valence-corrected chi connectivity index (χ1v) is 10.0. The molecule has 7 nitrogen and oxygen atoms in total. The monoisotopic (exact) mass is 433 g/mol. The van der Waals surface area contributed by atoms with Gasteiger partial charge in [0.05, 0.1) is 24.3 Å². The standard InChI is InChI=1S/C22H24ClNO6/c1-29-13-7-5-12(6-8-13)9-24-10-14(18-15(23)3-2-4-16(18)24)22-21(28)20(27)19(26)17(11-25)30-22/h2-8,10,17,19-22,25-28H,9,11H2,1H3/t17-,19-,20+,21-,22+/m1/s1. The van der Waals surface area contributed by atoms with Gasteiger partial charge >= 0.3 is 0 Å². The number of halogens is 1. The highest BCUT2D eigenvalue weighted by Gasteiger charge is 2.45. The molecule has 4 N–H and O–H groups in total. The van der Waals surface area contributed by atoms with Crippen LogP contribution in [-0.4, -0.2) is 63.1 Å². The fraction of sp³-hybridized carbons (Fsp3) is 0.364. The van der Waals surface area contributed by atoms with Crippen LogP contribution in [0.3, 0.4) is 0 Å². The lowest BCUT2D eigenvalue weighted by molar-refractivity contribution is -0.231. The van der Waals surface area contributed by atoms with Gasteiger partial charge in [0.25, 0.3) is 0 Å². The molecule has 30 heavy (non-hydrogen) atoms. The van der Waals surface area contributed by atoms with E-state index in [1.165, 1.54) is 0 Å². The Morgan fingerprint density at radius 1 is 1.03 bits per heavy atom. The summed E-state index contributed by atoms with van der Waals surface area (Å²) in [7, 11) is 1.61. The Kier molecular flexibility index (Phi) is 6.02. The summed E-state index contributed by atoms with van der Waals surface area (Å²) in [6, 6.07) is 13.2. The van der Waals surface area contributed by atoms with Gasteiger partial charge in [0, 0.05) is 23.7 Å². The molecule has 1 fully saturated rings. The zero-order valence-electron chi connectivity index (χ0n) is 16.4. The van der Waals surface area contributed by atoms with Crippen molar-refractivity contribution in [1.82, 2.24) is 4.57 Å². The van der Waals surface area contributed by atoms with Crippen LogP contribution in [0.1, 0.15) is 17.2 Å². The summed E-state index contributed by atoms with van der Waals surface area (Å²) < 4.78 is 13.0. The Bertz CT molecular complexity index is 1020. The van der Waals surface area contributed by atoms with Crippen molar-refractivity contribution in [3.05, 3.63) is 64.8 Å². The van der Waals surface area contributed by atoms with Crippen molar-refractivity contribution in [2.24, 2.45) is 0 Å². The fourth-order valence-electron chi connectivity index (χ4n) is 3.97. The molecule has 0 bridgehead atoms.